The number of ether oxygens (including phenoxy) is 2. The molecule has 1 N–H and O–H groups in total. The Hall–Kier alpha value is -3.76. The lowest BCUT2D eigenvalue weighted by atomic mass is 10.1. The zero-order valence-electron chi connectivity index (χ0n) is 22.3. The SMILES string of the molecule is CC[C@H](C(=O)NC)N(Cc1ccc(OC)cc1)C(=O)CN(c1cc(Cl)ccc1OC)S(=O)(=O)c1ccccc1. The highest BCUT2D eigenvalue weighted by molar-refractivity contribution is 7.92. The first-order valence-corrected chi connectivity index (χ1v) is 14.0. The van der Waals surface area contributed by atoms with Crippen LogP contribution in [-0.4, -0.2) is 59.0 Å². The van der Waals surface area contributed by atoms with E-state index in [2.05, 4.69) is 5.32 Å². The van der Waals surface area contributed by atoms with Gasteiger partial charge < -0.3 is 19.7 Å². The van der Waals surface area contributed by atoms with E-state index < -0.39 is 28.5 Å². The molecule has 0 spiro atoms. The molecule has 3 rings (SSSR count). The fourth-order valence-electron chi connectivity index (χ4n) is 4.10. The molecule has 0 aliphatic carbocycles. The third-order valence-corrected chi connectivity index (χ3v) is 8.17. The number of methoxy groups -OCH3 is 2. The van der Waals surface area contributed by atoms with Gasteiger partial charge >= 0.3 is 0 Å². The summed E-state index contributed by atoms with van der Waals surface area (Å²) in [4.78, 5) is 28.1. The molecule has 9 nitrogen and oxygen atoms in total. The Labute approximate surface area is 234 Å². The molecular weight excluding hydrogens is 542 g/mol. The van der Waals surface area contributed by atoms with Gasteiger partial charge in [0.15, 0.2) is 0 Å². The molecule has 3 aromatic rings. The highest BCUT2D eigenvalue weighted by Crippen LogP contribution is 2.35. The Morgan fingerprint density at radius 2 is 1.64 bits per heavy atom. The number of anilines is 1. The third-order valence-electron chi connectivity index (χ3n) is 6.16. The van der Waals surface area contributed by atoms with Crippen molar-refractivity contribution in [2.45, 2.75) is 30.8 Å². The van der Waals surface area contributed by atoms with Crippen molar-refractivity contribution in [3.8, 4) is 11.5 Å². The molecule has 0 fully saturated rings. The number of carbonyl (C=O) groups excluding carboxylic acids is 2. The molecule has 1 atom stereocenters. The highest BCUT2D eigenvalue weighted by Gasteiger charge is 2.34. The van der Waals surface area contributed by atoms with Gasteiger partial charge in [0.05, 0.1) is 24.8 Å². The van der Waals surface area contributed by atoms with Crippen LogP contribution in [0.25, 0.3) is 0 Å². The minimum absolute atomic E-state index is 0.0140. The number of carbonyl (C=O) groups is 2. The summed E-state index contributed by atoms with van der Waals surface area (Å²) < 4.78 is 39.4. The van der Waals surface area contributed by atoms with E-state index in [9.17, 15) is 18.0 Å². The summed E-state index contributed by atoms with van der Waals surface area (Å²) in [7, 11) is 0.198. The van der Waals surface area contributed by atoms with Gasteiger partial charge in [-0.3, -0.25) is 13.9 Å². The molecule has 0 saturated heterocycles. The van der Waals surface area contributed by atoms with Crippen molar-refractivity contribution in [2.75, 3.05) is 32.1 Å². The molecule has 0 unspecified atom stereocenters. The van der Waals surface area contributed by atoms with Crippen LogP contribution in [0.2, 0.25) is 5.02 Å². The molecule has 208 valence electrons. The van der Waals surface area contributed by atoms with Gasteiger partial charge in [-0.25, -0.2) is 8.42 Å². The van der Waals surface area contributed by atoms with Gasteiger partial charge in [-0.2, -0.15) is 0 Å². The summed E-state index contributed by atoms with van der Waals surface area (Å²) >= 11 is 6.24. The number of amides is 2. The highest BCUT2D eigenvalue weighted by atomic mass is 35.5. The molecule has 0 radical (unpaired) electrons. The van der Waals surface area contributed by atoms with Crippen LogP contribution in [0.4, 0.5) is 5.69 Å². The second kappa shape index (κ2) is 13.3. The van der Waals surface area contributed by atoms with Gasteiger partial charge in [0, 0.05) is 18.6 Å². The molecule has 2 amide bonds. The molecule has 11 heteroatoms. The largest absolute Gasteiger partial charge is 0.497 e. The van der Waals surface area contributed by atoms with E-state index in [4.69, 9.17) is 21.1 Å². The fourth-order valence-corrected chi connectivity index (χ4v) is 5.71. The average molecular weight is 574 g/mol. The normalized spacial score (nSPS) is 11.8. The first kappa shape index (κ1) is 29.8. The van der Waals surface area contributed by atoms with Crippen molar-refractivity contribution in [3.63, 3.8) is 0 Å². The van der Waals surface area contributed by atoms with Gasteiger partial charge in [-0.05, 0) is 54.4 Å². The van der Waals surface area contributed by atoms with E-state index in [-0.39, 0.29) is 33.8 Å². The van der Waals surface area contributed by atoms with Crippen LogP contribution in [0.5, 0.6) is 11.5 Å². The maximum Gasteiger partial charge on any atom is 0.264 e. The minimum Gasteiger partial charge on any atom is -0.497 e. The van der Waals surface area contributed by atoms with Gasteiger partial charge in [0.25, 0.3) is 10.0 Å². The van der Waals surface area contributed by atoms with E-state index in [1.165, 1.54) is 43.3 Å². The Balaban J connectivity index is 2.10. The first-order valence-electron chi connectivity index (χ1n) is 12.2. The molecule has 3 aromatic carbocycles. The Morgan fingerprint density at radius 3 is 2.21 bits per heavy atom. The fraction of sp³-hybridized carbons (Fsp3) is 0.286. The van der Waals surface area contributed by atoms with Crippen LogP contribution in [-0.2, 0) is 26.2 Å². The van der Waals surface area contributed by atoms with Crippen LogP contribution in [0, 0.1) is 0 Å². The number of hydrogen-bond acceptors (Lipinski definition) is 6. The van der Waals surface area contributed by atoms with Crippen molar-refractivity contribution in [1.82, 2.24) is 10.2 Å². The van der Waals surface area contributed by atoms with Crippen molar-refractivity contribution in [1.29, 1.82) is 0 Å². The molecule has 0 aromatic heterocycles. The van der Waals surface area contributed by atoms with Crippen LogP contribution in [0.3, 0.4) is 0 Å². The predicted molar refractivity (Wildman–Crippen MR) is 151 cm³/mol. The predicted octanol–water partition coefficient (Wildman–Crippen LogP) is 4.11. The summed E-state index contributed by atoms with van der Waals surface area (Å²) in [5.74, 6) is -0.0881. The summed E-state index contributed by atoms with van der Waals surface area (Å²) in [5.41, 5.74) is 0.837. The summed E-state index contributed by atoms with van der Waals surface area (Å²) in [6.07, 6.45) is 0.313. The maximum absolute atomic E-state index is 14.0. The number of sulfonamides is 1. The smallest absolute Gasteiger partial charge is 0.264 e. The monoisotopic (exact) mass is 573 g/mol. The Bertz CT molecular complexity index is 1380. The van der Waals surface area contributed by atoms with Crippen molar-refractivity contribution >= 4 is 39.1 Å². The van der Waals surface area contributed by atoms with Crippen LogP contribution >= 0.6 is 11.6 Å². The topological polar surface area (TPSA) is 105 Å². The minimum atomic E-state index is -4.24. The number of halogens is 1. The number of hydrogen-bond donors (Lipinski definition) is 1. The molecular formula is C28H32ClN3O6S. The molecule has 39 heavy (non-hydrogen) atoms. The first-order chi connectivity index (χ1) is 18.7. The van der Waals surface area contributed by atoms with Gasteiger partial charge in [0.1, 0.15) is 24.1 Å². The second-order valence-electron chi connectivity index (χ2n) is 8.55. The standard InChI is InChI=1S/C28H32ClN3O6S/c1-5-24(28(34)30-2)31(18-20-11-14-22(37-3)15-12-20)27(33)19-32(25-17-21(29)13-16-26(25)38-4)39(35,36)23-9-7-6-8-10-23/h6-17,24H,5,18-19H2,1-4H3,(H,30,34)/t24-/m1/s1. The van der Waals surface area contributed by atoms with E-state index in [0.29, 0.717) is 12.2 Å². The van der Waals surface area contributed by atoms with Crippen molar-refractivity contribution < 1.29 is 27.5 Å². The Kier molecular flexibility index (Phi) is 10.2. The average Bonchev–Trinajstić information content (AvgIpc) is 2.96. The summed E-state index contributed by atoms with van der Waals surface area (Å²) in [5, 5.41) is 2.86. The molecule has 0 saturated carbocycles. The zero-order valence-corrected chi connectivity index (χ0v) is 23.8. The van der Waals surface area contributed by atoms with Crippen LogP contribution in [0.1, 0.15) is 18.9 Å². The third kappa shape index (κ3) is 7.01. The summed E-state index contributed by atoms with van der Waals surface area (Å²) in [6, 6.07) is 18.5. The van der Waals surface area contributed by atoms with E-state index in [0.717, 1.165) is 9.87 Å². The van der Waals surface area contributed by atoms with Gasteiger partial charge in [-0.15, -0.1) is 0 Å². The number of rotatable bonds is 12. The molecule has 0 aliphatic rings. The molecule has 0 aliphatic heterocycles. The quantitative estimate of drug-likeness (QED) is 0.350. The molecule has 0 heterocycles. The Morgan fingerprint density at radius 1 is 0.974 bits per heavy atom. The van der Waals surface area contributed by atoms with Crippen LogP contribution in [0.15, 0.2) is 77.7 Å². The van der Waals surface area contributed by atoms with Crippen LogP contribution < -0.4 is 19.1 Å². The lowest BCUT2D eigenvalue weighted by molar-refractivity contribution is -0.140. The van der Waals surface area contributed by atoms with E-state index in [1.54, 1.807) is 62.6 Å². The number of nitrogens with one attached hydrogen (secondary N) is 1. The van der Waals surface area contributed by atoms with Gasteiger partial charge in [-0.1, -0.05) is 48.9 Å². The number of benzene rings is 3. The van der Waals surface area contributed by atoms with Crippen molar-refractivity contribution in [2.24, 2.45) is 0 Å². The number of likely N-dealkylation sites (N-methyl/N-ethyl adjacent to an activating group) is 1. The van der Waals surface area contributed by atoms with Crippen molar-refractivity contribution in [3.05, 3.63) is 83.4 Å². The number of nitrogens with zero attached hydrogens (tertiary/aromatic N) is 2. The van der Waals surface area contributed by atoms with E-state index >= 15 is 0 Å². The molecule has 0 bridgehead atoms. The zero-order chi connectivity index (χ0) is 28.6. The maximum atomic E-state index is 14.0. The second-order valence-corrected chi connectivity index (χ2v) is 10.8. The summed E-state index contributed by atoms with van der Waals surface area (Å²) in [6.45, 7) is 1.25. The lowest BCUT2D eigenvalue weighted by Gasteiger charge is -2.33. The van der Waals surface area contributed by atoms with E-state index in [1.807, 2.05) is 0 Å². The lowest BCUT2D eigenvalue weighted by Crippen LogP contribution is -2.51. The van der Waals surface area contributed by atoms with Gasteiger partial charge in [0.2, 0.25) is 11.8 Å².